The van der Waals surface area contributed by atoms with Crippen LogP contribution in [0.1, 0.15) is 5.56 Å². The number of nitrogens with one attached hydrogen (secondary N) is 1. The van der Waals surface area contributed by atoms with Crippen LogP contribution in [-0.4, -0.2) is 5.91 Å². The van der Waals surface area contributed by atoms with Gasteiger partial charge < -0.3 is 5.32 Å². The van der Waals surface area contributed by atoms with E-state index in [-0.39, 0.29) is 5.69 Å². The van der Waals surface area contributed by atoms with E-state index in [1.807, 2.05) is 16.8 Å². The topological polar surface area (TPSA) is 29.1 Å². The lowest BCUT2D eigenvalue weighted by Crippen LogP contribution is -2.09. The predicted octanol–water partition coefficient (Wildman–Crippen LogP) is 3.68. The molecule has 0 aliphatic carbocycles. The quantitative estimate of drug-likeness (QED) is 0.843. The first-order chi connectivity index (χ1) is 8.65. The molecule has 2 rings (SSSR count). The van der Waals surface area contributed by atoms with E-state index in [4.69, 9.17) is 0 Å². The van der Waals surface area contributed by atoms with E-state index in [2.05, 4.69) is 5.32 Å². The maximum atomic E-state index is 13.2. The largest absolute Gasteiger partial charge is 0.320 e. The Morgan fingerprint density at radius 3 is 2.83 bits per heavy atom. The SMILES string of the molecule is O=C(/C=C/c1ccsc1)Nc1cc(F)ccc1F. The summed E-state index contributed by atoms with van der Waals surface area (Å²) in [5, 5.41) is 6.02. The van der Waals surface area contributed by atoms with E-state index in [1.54, 1.807) is 6.08 Å². The van der Waals surface area contributed by atoms with Gasteiger partial charge in [-0.3, -0.25) is 4.79 Å². The molecule has 0 fully saturated rings. The number of carbonyl (C=O) groups is 1. The van der Waals surface area contributed by atoms with Crippen molar-refractivity contribution in [2.45, 2.75) is 0 Å². The van der Waals surface area contributed by atoms with Gasteiger partial charge in [0.2, 0.25) is 5.91 Å². The van der Waals surface area contributed by atoms with Crippen molar-refractivity contribution < 1.29 is 13.6 Å². The van der Waals surface area contributed by atoms with Gasteiger partial charge in [0.15, 0.2) is 0 Å². The molecule has 0 bridgehead atoms. The first-order valence-corrected chi connectivity index (χ1v) is 6.06. The van der Waals surface area contributed by atoms with Gasteiger partial charge in [0.25, 0.3) is 0 Å². The van der Waals surface area contributed by atoms with Gasteiger partial charge >= 0.3 is 0 Å². The Labute approximate surface area is 107 Å². The van der Waals surface area contributed by atoms with E-state index in [0.29, 0.717) is 0 Å². The van der Waals surface area contributed by atoms with Crippen LogP contribution in [0.25, 0.3) is 6.08 Å². The van der Waals surface area contributed by atoms with Crippen LogP contribution in [0.4, 0.5) is 14.5 Å². The molecule has 1 aromatic heterocycles. The fourth-order valence-corrected chi connectivity index (χ4v) is 1.94. The summed E-state index contributed by atoms with van der Waals surface area (Å²) in [6.45, 7) is 0. The number of carbonyl (C=O) groups excluding carboxylic acids is 1. The van der Waals surface area contributed by atoms with Crippen molar-refractivity contribution in [3.05, 3.63) is 58.3 Å². The number of thiophene rings is 1. The van der Waals surface area contributed by atoms with Crippen LogP contribution >= 0.6 is 11.3 Å². The Morgan fingerprint density at radius 1 is 1.28 bits per heavy atom. The molecule has 0 atom stereocenters. The molecule has 0 aliphatic rings. The molecule has 1 N–H and O–H groups in total. The van der Waals surface area contributed by atoms with Crippen molar-refractivity contribution in [1.82, 2.24) is 0 Å². The number of amides is 1. The maximum Gasteiger partial charge on any atom is 0.248 e. The summed E-state index contributed by atoms with van der Waals surface area (Å²) >= 11 is 1.51. The summed E-state index contributed by atoms with van der Waals surface area (Å²) in [4.78, 5) is 11.5. The molecular formula is C13H9F2NOS. The van der Waals surface area contributed by atoms with Crippen molar-refractivity contribution in [2.24, 2.45) is 0 Å². The summed E-state index contributed by atoms with van der Waals surface area (Å²) in [5.74, 6) is -1.78. The summed E-state index contributed by atoms with van der Waals surface area (Å²) in [6, 6.07) is 4.74. The van der Waals surface area contributed by atoms with Crippen LogP contribution in [0.3, 0.4) is 0 Å². The molecular weight excluding hydrogens is 256 g/mol. The van der Waals surface area contributed by atoms with E-state index in [0.717, 1.165) is 23.8 Å². The molecule has 0 saturated heterocycles. The highest BCUT2D eigenvalue weighted by Gasteiger charge is 2.05. The highest BCUT2D eigenvalue weighted by molar-refractivity contribution is 7.08. The number of hydrogen-bond acceptors (Lipinski definition) is 2. The molecule has 0 saturated carbocycles. The highest BCUT2D eigenvalue weighted by atomic mass is 32.1. The van der Waals surface area contributed by atoms with Crippen molar-refractivity contribution in [1.29, 1.82) is 0 Å². The van der Waals surface area contributed by atoms with Gasteiger partial charge in [0.1, 0.15) is 11.6 Å². The lowest BCUT2D eigenvalue weighted by Gasteiger charge is -2.03. The summed E-state index contributed by atoms with van der Waals surface area (Å²) in [7, 11) is 0. The minimum absolute atomic E-state index is 0.171. The molecule has 1 amide bonds. The zero-order valence-electron chi connectivity index (χ0n) is 9.19. The first kappa shape index (κ1) is 12.4. The minimum atomic E-state index is -0.673. The van der Waals surface area contributed by atoms with Gasteiger partial charge in [-0.2, -0.15) is 11.3 Å². The zero-order chi connectivity index (χ0) is 13.0. The third-order valence-electron chi connectivity index (χ3n) is 2.16. The summed E-state index contributed by atoms with van der Waals surface area (Å²) in [5.41, 5.74) is 0.713. The van der Waals surface area contributed by atoms with Gasteiger partial charge in [0.05, 0.1) is 5.69 Å². The van der Waals surface area contributed by atoms with Gasteiger partial charge in [-0.1, -0.05) is 0 Å². The number of rotatable bonds is 3. The molecule has 0 spiro atoms. The van der Waals surface area contributed by atoms with Crippen molar-refractivity contribution >= 4 is 29.0 Å². The molecule has 0 radical (unpaired) electrons. The van der Waals surface area contributed by atoms with Gasteiger partial charge in [-0.15, -0.1) is 0 Å². The van der Waals surface area contributed by atoms with Crippen LogP contribution in [0, 0.1) is 11.6 Å². The molecule has 2 aromatic rings. The van der Waals surface area contributed by atoms with Crippen LogP contribution in [0.2, 0.25) is 0 Å². The maximum absolute atomic E-state index is 13.2. The van der Waals surface area contributed by atoms with Crippen molar-refractivity contribution in [2.75, 3.05) is 5.32 Å². The first-order valence-electron chi connectivity index (χ1n) is 5.11. The number of anilines is 1. The van der Waals surface area contributed by atoms with E-state index < -0.39 is 17.5 Å². The van der Waals surface area contributed by atoms with E-state index >= 15 is 0 Å². The highest BCUT2D eigenvalue weighted by Crippen LogP contribution is 2.15. The summed E-state index contributed by atoms with van der Waals surface area (Å²) in [6.07, 6.45) is 2.87. The van der Waals surface area contributed by atoms with Gasteiger partial charge in [-0.25, -0.2) is 8.78 Å². The second-order valence-corrected chi connectivity index (χ2v) is 4.28. The van der Waals surface area contributed by atoms with Crippen molar-refractivity contribution in [3.8, 4) is 0 Å². The predicted molar refractivity (Wildman–Crippen MR) is 68.3 cm³/mol. The molecule has 92 valence electrons. The normalized spacial score (nSPS) is 10.8. The lowest BCUT2D eigenvalue weighted by molar-refractivity contribution is -0.111. The standard InChI is InChI=1S/C13H9F2NOS/c14-10-2-3-11(15)12(7-10)16-13(17)4-1-9-5-6-18-8-9/h1-8H,(H,16,17)/b4-1+. The fraction of sp³-hybridized carbons (Fsp3) is 0. The Kier molecular flexibility index (Phi) is 3.84. The van der Waals surface area contributed by atoms with Gasteiger partial charge in [0, 0.05) is 12.1 Å². The molecule has 0 unspecified atom stereocenters. The Balaban J connectivity index is 2.05. The Hall–Kier alpha value is -2.01. The molecule has 18 heavy (non-hydrogen) atoms. The van der Waals surface area contributed by atoms with Crippen LogP contribution in [0.15, 0.2) is 41.1 Å². The number of benzene rings is 1. The fourth-order valence-electron chi connectivity index (χ4n) is 1.31. The molecule has 2 nitrogen and oxygen atoms in total. The van der Waals surface area contributed by atoms with Crippen molar-refractivity contribution in [3.63, 3.8) is 0 Å². The van der Waals surface area contributed by atoms with Crippen LogP contribution in [0.5, 0.6) is 0 Å². The molecule has 1 aromatic carbocycles. The zero-order valence-corrected chi connectivity index (χ0v) is 10.0. The second-order valence-electron chi connectivity index (χ2n) is 3.50. The lowest BCUT2D eigenvalue weighted by atomic mass is 10.2. The third-order valence-corrected chi connectivity index (χ3v) is 2.86. The Bertz CT molecular complexity index is 579. The molecule has 0 aliphatic heterocycles. The average Bonchev–Trinajstić information content (AvgIpc) is 2.84. The molecule has 5 heteroatoms. The minimum Gasteiger partial charge on any atom is -0.320 e. The second kappa shape index (κ2) is 5.55. The van der Waals surface area contributed by atoms with E-state index in [9.17, 15) is 13.6 Å². The monoisotopic (exact) mass is 265 g/mol. The smallest absolute Gasteiger partial charge is 0.248 e. The molecule has 1 heterocycles. The average molecular weight is 265 g/mol. The van der Waals surface area contributed by atoms with Crippen LogP contribution in [-0.2, 0) is 4.79 Å². The third kappa shape index (κ3) is 3.24. The van der Waals surface area contributed by atoms with E-state index in [1.165, 1.54) is 17.4 Å². The number of halogens is 2. The van der Waals surface area contributed by atoms with Crippen LogP contribution < -0.4 is 5.32 Å². The summed E-state index contributed by atoms with van der Waals surface area (Å²) < 4.78 is 26.1. The Morgan fingerprint density at radius 2 is 2.11 bits per heavy atom. The van der Waals surface area contributed by atoms with Gasteiger partial charge in [-0.05, 0) is 40.6 Å². The number of hydrogen-bond donors (Lipinski definition) is 1.